The fourth-order valence-corrected chi connectivity index (χ4v) is 12.9. The van der Waals surface area contributed by atoms with Crippen molar-refractivity contribution in [2.75, 3.05) is 13.2 Å². The number of hydrogen-bond donors (Lipinski definition) is 6. The van der Waals surface area contributed by atoms with Crippen LogP contribution < -0.4 is 0 Å². The van der Waals surface area contributed by atoms with Crippen LogP contribution in [-0.4, -0.2) is 94.0 Å². The van der Waals surface area contributed by atoms with E-state index in [4.69, 9.17) is 13.7 Å². The molecule has 0 aromatic heterocycles. The standard InChI is InChI=1S/C36H58O12S/c1-20-10-15-36(30(41)48-29-27(40)26(39)25(38)22(18-37)47-29)17-16-33(4)21(28(36)35(20,6)42)8-9-24-32(3)13-7-12-31(2,19-46-49(43,44)45)23(32)11-14-34(24,33)5/h8,20,22-29,37-40,42H,7,9-19H2,1-6H3,(H,43,44,45)/t20-,22-,23+,24-,25-,26+,27-,28-,29+,31+,32+,33-,34-,35-,36+/m1/s1. The van der Waals surface area contributed by atoms with Crippen molar-refractivity contribution < 1.29 is 57.0 Å². The monoisotopic (exact) mass is 714 g/mol. The van der Waals surface area contributed by atoms with Gasteiger partial charge in [-0.15, -0.1) is 0 Å². The minimum Gasteiger partial charge on any atom is -0.432 e. The summed E-state index contributed by atoms with van der Waals surface area (Å²) in [6.07, 6.45) is 1.82. The summed E-state index contributed by atoms with van der Waals surface area (Å²) >= 11 is 0. The largest absolute Gasteiger partial charge is 0.432 e. The Morgan fingerprint density at radius 1 is 0.939 bits per heavy atom. The molecule has 15 atom stereocenters. The van der Waals surface area contributed by atoms with Gasteiger partial charge in [-0.1, -0.05) is 52.7 Å². The molecule has 5 aliphatic carbocycles. The number of aliphatic hydroxyl groups excluding tert-OH is 4. The molecular weight excluding hydrogens is 656 g/mol. The van der Waals surface area contributed by atoms with Gasteiger partial charge in [0.25, 0.3) is 0 Å². The summed E-state index contributed by atoms with van der Waals surface area (Å²) in [5.74, 6) is -0.891. The highest BCUT2D eigenvalue weighted by molar-refractivity contribution is 7.80. The average molecular weight is 715 g/mol. The first-order valence-electron chi connectivity index (χ1n) is 18.2. The van der Waals surface area contributed by atoms with Gasteiger partial charge in [-0.3, -0.25) is 9.35 Å². The van der Waals surface area contributed by atoms with Crippen molar-refractivity contribution in [2.24, 2.45) is 50.7 Å². The second kappa shape index (κ2) is 12.2. The van der Waals surface area contributed by atoms with E-state index in [9.17, 15) is 43.3 Å². The molecule has 4 saturated carbocycles. The summed E-state index contributed by atoms with van der Waals surface area (Å²) in [4.78, 5) is 14.5. The highest BCUT2D eigenvalue weighted by Crippen LogP contribution is 2.76. The van der Waals surface area contributed by atoms with E-state index in [1.807, 2.05) is 13.8 Å². The summed E-state index contributed by atoms with van der Waals surface area (Å²) in [6, 6.07) is 0. The highest BCUT2D eigenvalue weighted by atomic mass is 32.3. The molecule has 1 saturated heterocycles. The number of fused-ring (bicyclic) bond motifs is 7. The smallest absolute Gasteiger partial charge is 0.397 e. The van der Waals surface area contributed by atoms with E-state index in [-0.39, 0.29) is 40.6 Å². The molecule has 0 aromatic rings. The Morgan fingerprint density at radius 3 is 2.29 bits per heavy atom. The molecule has 0 aromatic carbocycles. The Hall–Kier alpha value is -1.16. The number of ether oxygens (including phenoxy) is 2. The molecule has 0 amide bonds. The molecule has 13 heteroatoms. The second-order valence-electron chi connectivity index (χ2n) is 17.8. The van der Waals surface area contributed by atoms with Crippen LogP contribution in [0.4, 0.5) is 0 Å². The number of carbonyl (C=O) groups excluding carboxylic acids is 1. The van der Waals surface area contributed by atoms with Crippen LogP contribution in [0.25, 0.3) is 0 Å². The lowest BCUT2D eigenvalue weighted by molar-refractivity contribution is -0.299. The van der Waals surface area contributed by atoms with Gasteiger partial charge in [-0.2, -0.15) is 8.42 Å². The summed E-state index contributed by atoms with van der Waals surface area (Å²) in [7, 11) is -4.57. The maximum absolute atomic E-state index is 14.5. The summed E-state index contributed by atoms with van der Waals surface area (Å²) in [6.45, 7) is 12.2. The van der Waals surface area contributed by atoms with E-state index in [1.54, 1.807) is 0 Å². The van der Waals surface area contributed by atoms with Crippen molar-refractivity contribution in [3.05, 3.63) is 11.6 Å². The van der Waals surface area contributed by atoms with Crippen LogP contribution in [0.2, 0.25) is 0 Å². The summed E-state index contributed by atoms with van der Waals surface area (Å²) < 4.78 is 49.1. The van der Waals surface area contributed by atoms with Crippen molar-refractivity contribution >= 4 is 16.4 Å². The van der Waals surface area contributed by atoms with Crippen molar-refractivity contribution in [2.45, 2.75) is 142 Å². The third-order valence-electron chi connectivity index (χ3n) is 15.6. The van der Waals surface area contributed by atoms with E-state index in [1.165, 1.54) is 0 Å². The van der Waals surface area contributed by atoms with Gasteiger partial charge in [0, 0.05) is 5.92 Å². The molecule has 0 bridgehead atoms. The maximum atomic E-state index is 14.5. The Labute approximate surface area is 290 Å². The average Bonchev–Trinajstić information content (AvgIpc) is 3.02. The van der Waals surface area contributed by atoms with Crippen LogP contribution in [0, 0.1) is 50.7 Å². The van der Waals surface area contributed by atoms with Crippen LogP contribution in [0.5, 0.6) is 0 Å². The van der Waals surface area contributed by atoms with E-state index in [0.29, 0.717) is 25.7 Å². The zero-order valence-corrected chi connectivity index (χ0v) is 30.6. The third-order valence-corrected chi connectivity index (χ3v) is 16.1. The number of allylic oxidation sites excluding steroid dienone is 1. The first-order chi connectivity index (χ1) is 22.6. The first kappa shape index (κ1) is 37.6. The molecular formula is C36H58O12S. The van der Waals surface area contributed by atoms with Gasteiger partial charge in [0.15, 0.2) is 0 Å². The molecule has 12 nitrogen and oxygen atoms in total. The minimum atomic E-state index is -4.57. The molecule has 49 heavy (non-hydrogen) atoms. The quantitative estimate of drug-likeness (QED) is 0.134. The number of hydrogen-bond acceptors (Lipinski definition) is 11. The predicted molar refractivity (Wildman–Crippen MR) is 177 cm³/mol. The Bertz CT molecular complexity index is 1450. The predicted octanol–water partition coefficient (Wildman–Crippen LogP) is 3.29. The van der Waals surface area contributed by atoms with E-state index < -0.39 is 76.0 Å². The Morgan fingerprint density at radius 2 is 1.63 bits per heavy atom. The Kier molecular flexibility index (Phi) is 9.36. The number of carbonyl (C=O) groups is 1. The molecule has 6 rings (SSSR count). The van der Waals surface area contributed by atoms with Crippen LogP contribution in [0.1, 0.15) is 106 Å². The van der Waals surface area contributed by atoms with E-state index >= 15 is 0 Å². The van der Waals surface area contributed by atoms with Gasteiger partial charge in [0.05, 0.1) is 24.2 Å². The molecule has 280 valence electrons. The molecule has 1 heterocycles. The third kappa shape index (κ3) is 5.50. The molecule has 0 radical (unpaired) electrons. The fraction of sp³-hybridized carbons (Fsp3) is 0.917. The van der Waals surface area contributed by atoms with Crippen molar-refractivity contribution in [3.63, 3.8) is 0 Å². The molecule has 6 aliphatic rings. The number of esters is 1. The summed E-state index contributed by atoms with van der Waals surface area (Å²) in [5, 5.41) is 53.5. The fourth-order valence-electron chi connectivity index (χ4n) is 12.5. The van der Waals surface area contributed by atoms with E-state index in [2.05, 4.69) is 33.8 Å². The number of rotatable bonds is 6. The molecule has 0 unspecified atom stereocenters. The zero-order valence-electron chi connectivity index (χ0n) is 29.8. The van der Waals surface area contributed by atoms with Gasteiger partial charge in [-0.25, -0.2) is 4.18 Å². The van der Waals surface area contributed by atoms with Gasteiger partial charge < -0.3 is 35.0 Å². The SMILES string of the molecule is C[C@@H]1CC[C@]2(C(=O)O[C@@H]3O[C@H](CO)[C@@H](O)[C@H](O)[C@H]3O)CC[C@]3(C)C(=CC[C@@H]4[C@@]5(C)CCC[C@@](C)(COS(=O)(=O)O)[C@@H]5CC[C@]43C)[C@@H]2[C@]1(C)O. The van der Waals surface area contributed by atoms with Gasteiger partial charge in [0.1, 0.15) is 24.4 Å². The van der Waals surface area contributed by atoms with Crippen LogP contribution >= 0.6 is 0 Å². The molecule has 5 fully saturated rings. The lowest BCUT2D eigenvalue weighted by Crippen LogP contribution is -2.68. The Balaban J connectivity index is 1.36. The second-order valence-corrected chi connectivity index (χ2v) is 18.9. The molecule has 0 spiro atoms. The topological polar surface area (TPSA) is 200 Å². The van der Waals surface area contributed by atoms with Gasteiger partial charge >= 0.3 is 16.4 Å². The van der Waals surface area contributed by atoms with Crippen LogP contribution in [0.3, 0.4) is 0 Å². The molecule has 1 aliphatic heterocycles. The van der Waals surface area contributed by atoms with E-state index in [0.717, 1.165) is 44.1 Å². The van der Waals surface area contributed by atoms with Gasteiger partial charge in [-0.05, 0) is 104 Å². The lowest BCUT2D eigenvalue weighted by Gasteiger charge is -2.71. The van der Waals surface area contributed by atoms with Gasteiger partial charge in [0.2, 0.25) is 6.29 Å². The minimum absolute atomic E-state index is 0.0597. The molecule has 6 N–H and O–H groups in total. The lowest BCUT2D eigenvalue weighted by atomic mass is 9.33. The van der Waals surface area contributed by atoms with Crippen LogP contribution in [0.15, 0.2) is 11.6 Å². The van der Waals surface area contributed by atoms with Crippen molar-refractivity contribution in [3.8, 4) is 0 Å². The van der Waals surface area contributed by atoms with Crippen molar-refractivity contribution in [1.29, 1.82) is 0 Å². The normalized spacial score (nSPS) is 52.9. The maximum Gasteiger partial charge on any atom is 0.397 e. The summed E-state index contributed by atoms with van der Waals surface area (Å²) in [5.41, 5.74) is -2.45. The number of aliphatic hydroxyl groups is 5. The zero-order chi connectivity index (χ0) is 36.2. The first-order valence-corrected chi connectivity index (χ1v) is 19.5. The van der Waals surface area contributed by atoms with Crippen molar-refractivity contribution in [1.82, 2.24) is 0 Å². The highest BCUT2D eigenvalue weighted by Gasteiger charge is 2.71. The van der Waals surface area contributed by atoms with Crippen LogP contribution in [-0.2, 0) is 28.9 Å².